The van der Waals surface area contributed by atoms with Crippen molar-refractivity contribution in [1.29, 1.82) is 0 Å². The topological polar surface area (TPSA) is 27.2 Å². The fraction of sp³-hybridized carbons (Fsp3) is 0.0714. The minimum atomic E-state index is -0.422. The number of hydrogen-bond acceptors (Lipinski definition) is 2. The quantitative estimate of drug-likeness (QED) is 0.0942. The summed E-state index contributed by atoms with van der Waals surface area (Å²) in [4.78, 5) is 7.22. The normalized spacial score (nSPS) is 13.4. The van der Waals surface area contributed by atoms with Crippen molar-refractivity contribution < 1.29 is 9.31 Å². The highest BCUT2D eigenvalue weighted by molar-refractivity contribution is 14.1. The molecule has 1 fully saturated rings. The predicted molar refractivity (Wildman–Crippen MR) is 402 cm³/mol. The van der Waals surface area contributed by atoms with Gasteiger partial charge in [-0.1, -0.05) is 297 Å². The summed E-state index contributed by atoms with van der Waals surface area (Å²) >= 11 is 8.98. The van der Waals surface area contributed by atoms with Crippen molar-refractivity contribution in [1.82, 2.24) is 0 Å². The standard InChI is InChI=1S/C39H22BrN.C38H31BO2.C7H3BrIN/c1-41-34-23-26(40)19-20-28(34)27-21-22-33-37-29(27)17-10-18-32(37)38-35(24-11-4-2-5-12-24)30-15-8-9-16-31(30)36(39(33)38)25-13-6-3-7-14-25;1-37(2)38(3,4)41-39(40-37)31-23-22-30-34-28(31)20-13-21-29(34)35-32(24-14-7-5-8-15-24)26-18-11-12-19-27(26)33(36(30)35)25-16-9-6-10-17-25;1-10-7-4-5(8)2-3-6(7)9/h2-23H;5-23H,1-4H3;2-4H. The molecule has 0 amide bonds. The molecule has 0 bridgehead atoms. The average Bonchev–Trinajstić information content (AvgIpc) is 1.53. The largest absolute Gasteiger partial charge is 0.495 e. The van der Waals surface area contributed by atoms with Gasteiger partial charge < -0.3 is 9.31 Å². The number of fused-ring (bicyclic) bond motifs is 8. The molecule has 1 aliphatic heterocycles. The van der Waals surface area contributed by atoms with E-state index in [1.165, 1.54) is 132 Å². The van der Waals surface area contributed by atoms with Gasteiger partial charge in [0.25, 0.3) is 0 Å². The molecular weight excluding hydrogens is 1370 g/mol. The molecule has 4 nitrogen and oxygen atoms in total. The Balaban J connectivity index is 0.000000133. The minimum absolute atomic E-state index is 0.401. The van der Waals surface area contributed by atoms with Crippen LogP contribution in [0.25, 0.3) is 153 Å². The van der Waals surface area contributed by atoms with Crippen LogP contribution in [0.1, 0.15) is 27.7 Å². The highest BCUT2D eigenvalue weighted by Crippen LogP contribution is 2.60. The van der Waals surface area contributed by atoms with E-state index in [9.17, 15) is 0 Å². The van der Waals surface area contributed by atoms with E-state index in [0.29, 0.717) is 11.4 Å². The van der Waals surface area contributed by atoms with Gasteiger partial charge in [0.15, 0.2) is 5.69 Å². The molecule has 0 unspecified atom stereocenters. The third-order valence-electron chi connectivity index (χ3n) is 18.8. The summed E-state index contributed by atoms with van der Waals surface area (Å²) in [7, 11) is -0.422. The van der Waals surface area contributed by atoms with Crippen molar-refractivity contribution in [3.8, 4) is 100 Å². The zero-order valence-electron chi connectivity index (χ0n) is 50.8. The van der Waals surface area contributed by atoms with Crippen molar-refractivity contribution in [2.75, 3.05) is 0 Å². The number of halogens is 3. The first-order valence-electron chi connectivity index (χ1n) is 30.7. The summed E-state index contributed by atoms with van der Waals surface area (Å²) in [6.45, 7) is 23.1. The van der Waals surface area contributed by atoms with Gasteiger partial charge in [0.1, 0.15) is 0 Å². The highest BCUT2D eigenvalue weighted by atomic mass is 127. The van der Waals surface area contributed by atoms with Crippen molar-refractivity contribution in [3.63, 3.8) is 0 Å². The summed E-state index contributed by atoms with van der Waals surface area (Å²) in [5.41, 5.74) is 23.9. The van der Waals surface area contributed by atoms with E-state index >= 15 is 0 Å². The maximum Gasteiger partial charge on any atom is 0.495 e. The summed E-state index contributed by atoms with van der Waals surface area (Å²) < 4.78 is 16.0. The Morgan fingerprint density at radius 2 is 0.652 bits per heavy atom. The van der Waals surface area contributed by atoms with Gasteiger partial charge in [0.05, 0.1) is 24.3 Å². The Labute approximate surface area is 567 Å². The summed E-state index contributed by atoms with van der Waals surface area (Å²) in [6, 6.07) is 95.0. The Morgan fingerprint density at radius 1 is 0.326 bits per heavy atom. The first-order chi connectivity index (χ1) is 44.8. The number of hydrogen-bond donors (Lipinski definition) is 0. The zero-order valence-corrected chi connectivity index (χ0v) is 56.2. The van der Waals surface area contributed by atoms with Crippen molar-refractivity contribution in [3.05, 3.63) is 302 Å². The number of rotatable bonds is 6. The molecule has 0 aromatic heterocycles. The lowest BCUT2D eigenvalue weighted by molar-refractivity contribution is 0.00578. The lowest BCUT2D eigenvalue weighted by Crippen LogP contribution is -2.41. The molecule has 1 saturated heterocycles. The third-order valence-corrected chi connectivity index (χ3v) is 20.7. The van der Waals surface area contributed by atoms with Gasteiger partial charge in [-0.15, -0.1) is 0 Å². The minimum Gasteiger partial charge on any atom is -0.399 e. The molecule has 92 heavy (non-hydrogen) atoms. The zero-order chi connectivity index (χ0) is 63.0. The second-order valence-corrected chi connectivity index (χ2v) is 27.4. The highest BCUT2D eigenvalue weighted by Gasteiger charge is 2.52. The van der Waals surface area contributed by atoms with Crippen molar-refractivity contribution >= 4 is 121 Å². The summed E-state index contributed by atoms with van der Waals surface area (Å²) in [5.74, 6) is 0. The summed E-state index contributed by atoms with van der Waals surface area (Å²) in [5, 5.41) is 9.94. The van der Waals surface area contributed by atoms with Crippen LogP contribution >= 0.6 is 54.5 Å². The second kappa shape index (κ2) is 23.8. The van der Waals surface area contributed by atoms with Gasteiger partial charge in [-0.05, 0) is 201 Å². The van der Waals surface area contributed by atoms with Crippen LogP contribution in [0.5, 0.6) is 0 Å². The van der Waals surface area contributed by atoms with Gasteiger partial charge >= 0.3 is 7.12 Å². The predicted octanol–water partition coefficient (Wildman–Crippen LogP) is 24.8. The molecule has 2 aliphatic carbocycles. The van der Waals surface area contributed by atoms with E-state index in [2.05, 4.69) is 328 Å². The smallest absolute Gasteiger partial charge is 0.399 e. The van der Waals surface area contributed by atoms with Crippen molar-refractivity contribution in [2.45, 2.75) is 38.9 Å². The van der Waals surface area contributed by atoms with Crippen LogP contribution in [0.2, 0.25) is 0 Å². The van der Waals surface area contributed by atoms with E-state index < -0.39 is 18.3 Å². The van der Waals surface area contributed by atoms with E-state index in [-0.39, 0.29) is 0 Å². The first-order valence-corrected chi connectivity index (χ1v) is 33.4. The molecule has 17 rings (SSSR count). The van der Waals surface area contributed by atoms with Gasteiger partial charge in [-0.25, -0.2) is 9.69 Å². The van der Waals surface area contributed by atoms with Crippen molar-refractivity contribution in [2.24, 2.45) is 0 Å². The second-order valence-electron chi connectivity index (χ2n) is 24.4. The molecule has 14 aromatic rings. The third kappa shape index (κ3) is 9.91. The Hall–Kier alpha value is -9.23. The maximum absolute atomic E-state index is 7.87. The lowest BCUT2D eigenvalue weighted by atomic mass is 9.75. The molecule has 0 saturated carbocycles. The number of benzene rings is 14. The van der Waals surface area contributed by atoms with Crippen LogP contribution in [0.4, 0.5) is 11.4 Å². The molecule has 0 N–H and O–H groups in total. The van der Waals surface area contributed by atoms with Gasteiger partial charge in [0, 0.05) is 12.5 Å². The van der Waals surface area contributed by atoms with Crippen LogP contribution in [-0.4, -0.2) is 18.3 Å². The summed E-state index contributed by atoms with van der Waals surface area (Å²) in [6.07, 6.45) is 0. The molecule has 14 aromatic carbocycles. The van der Waals surface area contributed by atoms with E-state index in [4.69, 9.17) is 22.5 Å². The fourth-order valence-electron chi connectivity index (χ4n) is 14.0. The van der Waals surface area contributed by atoms with Crippen LogP contribution in [-0.2, 0) is 9.31 Å². The van der Waals surface area contributed by atoms with Crippen LogP contribution in [0.3, 0.4) is 0 Å². The average molecular weight is 1420 g/mol. The molecule has 8 heteroatoms. The molecular formula is C84H56BBr2IN2O2. The lowest BCUT2D eigenvalue weighted by Gasteiger charge is -2.32. The van der Waals surface area contributed by atoms with Crippen LogP contribution in [0.15, 0.2) is 276 Å². The SMILES string of the molecule is CC1(C)OB(c2ccc3c4c(cccc24)-c2c-3c(-c3ccccc3)c3ccccc3c2-c2ccccc2)OC1(C)C.[C-]#[N+]c1cc(Br)ccc1-c1ccc2c3c(cccc13)-c1c-2c(-c2ccccc2)c2ccccc2c1-c1ccccc1.[C-]#[N+]c1cc(Br)ccc1I. The van der Waals surface area contributed by atoms with Gasteiger partial charge in [0.2, 0.25) is 5.69 Å². The van der Waals surface area contributed by atoms with E-state index in [0.717, 1.165) is 29.1 Å². The van der Waals surface area contributed by atoms with Gasteiger partial charge in [-0.2, -0.15) is 0 Å². The molecule has 0 atom stereocenters. The molecule has 0 radical (unpaired) electrons. The monoisotopic (exact) mass is 1420 g/mol. The number of nitrogens with zero attached hydrogens (tertiary/aromatic N) is 2. The Bertz CT molecular complexity index is 5210. The van der Waals surface area contributed by atoms with Crippen LogP contribution < -0.4 is 5.46 Å². The Kier molecular flexibility index (Phi) is 15.3. The Morgan fingerprint density at radius 3 is 1.07 bits per heavy atom. The van der Waals surface area contributed by atoms with E-state index in [1.807, 2.05) is 30.3 Å². The van der Waals surface area contributed by atoms with Gasteiger partial charge in [-0.3, -0.25) is 0 Å². The molecule has 3 aliphatic rings. The first kappa shape index (κ1) is 59.1. The van der Waals surface area contributed by atoms with Crippen LogP contribution in [0, 0.1) is 16.7 Å². The molecule has 438 valence electrons. The fourth-order valence-corrected chi connectivity index (χ4v) is 15.2. The van der Waals surface area contributed by atoms with E-state index in [1.54, 1.807) is 0 Å². The molecule has 1 heterocycles. The maximum atomic E-state index is 7.87. The molecule has 0 spiro atoms.